The van der Waals surface area contributed by atoms with Crippen molar-refractivity contribution in [2.24, 2.45) is 0 Å². The molecule has 1 aliphatic rings. The average molecular weight is 468 g/mol. The molecule has 0 spiro atoms. The van der Waals surface area contributed by atoms with Gasteiger partial charge < -0.3 is 15.0 Å². The van der Waals surface area contributed by atoms with Gasteiger partial charge in [0.25, 0.3) is 0 Å². The molecule has 2 N–H and O–H groups in total. The molecule has 0 radical (unpaired) electrons. The third-order valence-electron chi connectivity index (χ3n) is 5.39. The van der Waals surface area contributed by atoms with Crippen LogP contribution < -0.4 is 5.32 Å². The summed E-state index contributed by atoms with van der Waals surface area (Å²) >= 11 is 1.40. The zero-order valence-electron chi connectivity index (χ0n) is 18.6. The number of carbonyl (C=O) groups excluding carboxylic acids is 1. The van der Waals surface area contributed by atoms with E-state index in [-0.39, 0.29) is 12.0 Å². The fourth-order valence-electron chi connectivity index (χ4n) is 3.93. The van der Waals surface area contributed by atoms with Crippen LogP contribution in [0.3, 0.4) is 0 Å². The van der Waals surface area contributed by atoms with Crippen LogP contribution in [0.5, 0.6) is 0 Å². The molecule has 1 amide bonds. The molecular weight excluding hydrogens is 442 g/mol. The van der Waals surface area contributed by atoms with Crippen LogP contribution in [0.25, 0.3) is 16.8 Å². The van der Waals surface area contributed by atoms with Crippen LogP contribution in [0.15, 0.2) is 30.2 Å². The number of nitrogens with zero attached hydrogens (tertiary/aromatic N) is 7. The second-order valence-corrected chi connectivity index (χ2v) is 9.81. The molecule has 0 aromatic carbocycles. The van der Waals surface area contributed by atoms with E-state index >= 15 is 0 Å². The first-order valence-corrected chi connectivity index (χ1v) is 11.6. The van der Waals surface area contributed by atoms with E-state index in [1.807, 2.05) is 33.0 Å². The Kier molecular flexibility index (Phi) is 5.44. The van der Waals surface area contributed by atoms with Gasteiger partial charge in [0.15, 0.2) is 5.65 Å². The highest BCUT2D eigenvalue weighted by atomic mass is 32.1. The molecule has 5 heterocycles. The standard InChI is InChI=1S/C21H25N9O2S/c1-21(2,3)32-20(31)29-6-4-5-13(11-29)16-7-17(27-19-28-24-12-33-19)30-18(26-16)15(10-25-30)14-8-22-23-9-14/h7-10,12-13H,4-6,11H2,1-3H3,(H,22,23)(H,27,28). The summed E-state index contributed by atoms with van der Waals surface area (Å²) in [6, 6.07) is 1.98. The number of ether oxygens (including phenoxy) is 1. The lowest BCUT2D eigenvalue weighted by Crippen LogP contribution is -2.42. The molecule has 1 unspecified atom stereocenters. The number of amides is 1. The van der Waals surface area contributed by atoms with Gasteiger partial charge in [-0.25, -0.2) is 9.78 Å². The molecule has 4 aromatic heterocycles. The zero-order chi connectivity index (χ0) is 23.0. The highest BCUT2D eigenvalue weighted by molar-refractivity contribution is 7.13. The number of H-pyrrole nitrogens is 1. The van der Waals surface area contributed by atoms with Gasteiger partial charge in [-0.1, -0.05) is 11.3 Å². The quantitative estimate of drug-likeness (QED) is 0.464. The minimum atomic E-state index is -0.531. The van der Waals surface area contributed by atoms with Crippen molar-refractivity contribution < 1.29 is 9.53 Å². The van der Waals surface area contributed by atoms with Gasteiger partial charge in [-0.05, 0) is 33.6 Å². The van der Waals surface area contributed by atoms with Gasteiger partial charge >= 0.3 is 6.09 Å². The van der Waals surface area contributed by atoms with Gasteiger partial charge in [-0.3, -0.25) is 5.10 Å². The van der Waals surface area contributed by atoms with Crippen molar-refractivity contribution in [2.45, 2.75) is 45.1 Å². The first-order valence-electron chi connectivity index (χ1n) is 10.8. The molecule has 1 aliphatic heterocycles. The predicted molar refractivity (Wildman–Crippen MR) is 124 cm³/mol. The third kappa shape index (κ3) is 4.51. The molecule has 1 atom stereocenters. The highest BCUT2D eigenvalue weighted by Gasteiger charge is 2.30. The van der Waals surface area contributed by atoms with Gasteiger partial charge in [0.1, 0.15) is 16.9 Å². The molecule has 0 bridgehead atoms. The number of piperidine rings is 1. The lowest BCUT2D eigenvalue weighted by Gasteiger charge is -2.34. The van der Waals surface area contributed by atoms with E-state index in [1.165, 1.54) is 11.3 Å². The summed E-state index contributed by atoms with van der Waals surface area (Å²) in [5.41, 5.74) is 4.49. The smallest absolute Gasteiger partial charge is 0.410 e. The van der Waals surface area contributed by atoms with E-state index in [4.69, 9.17) is 9.72 Å². The molecule has 172 valence electrons. The number of carbonyl (C=O) groups is 1. The molecule has 33 heavy (non-hydrogen) atoms. The summed E-state index contributed by atoms with van der Waals surface area (Å²) in [5, 5.41) is 23.4. The molecule has 5 rings (SSSR count). The number of rotatable bonds is 4. The van der Waals surface area contributed by atoms with Crippen molar-refractivity contribution in [1.82, 2.24) is 39.9 Å². The molecule has 1 fully saturated rings. The molecule has 0 saturated carbocycles. The summed E-state index contributed by atoms with van der Waals surface area (Å²) in [6.07, 6.45) is 6.85. The van der Waals surface area contributed by atoms with Crippen molar-refractivity contribution in [3.8, 4) is 11.1 Å². The van der Waals surface area contributed by atoms with E-state index in [0.717, 1.165) is 35.5 Å². The van der Waals surface area contributed by atoms with Crippen molar-refractivity contribution in [3.05, 3.63) is 35.9 Å². The Hall–Kier alpha value is -3.54. The SMILES string of the molecule is CC(C)(C)OC(=O)N1CCCC(c2cc(Nc3nncs3)n3ncc(-c4cn[nH]c4)c3n2)C1. The van der Waals surface area contributed by atoms with Crippen molar-refractivity contribution in [1.29, 1.82) is 0 Å². The van der Waals surface area contributed by atoms with E-state index in [0.29, 0.717) is 23.9 Å². The van der Waals surface area contributed by atoms with Crippen LogP contribution in [0.2, 0.25) is 0 Å². The highest BCUT2D eigenvalue weighted by Crippen LogP contribution is 2.32. The van der Waals surface area contributed by atoms with Crippen LogP contribution in [0.1, 0.15) is 45.2 Å². The largest absolute Gasteiger partial charge is 0.444 e. The molecule has 4 aromatic rings. The topological polar surface area (TPSA) is 126 Å². The fourth-order valence-corrected chi connectivity index (χ4v) is 4.38. The van der Waals surface area contributed by atoms with E-state index in [2.05, 4.69) is 30.8 Å². The van der Waals surface area contributed by atoms with Crippen LogP contribution in [-0.4, -0.2) is 64.7 Å². The molecular formula is C21H25N9O2S. The van der Waals surface area contributed by atoms with Gasteiger partial charge in [-0.15, -0.1) is 10.2 Å². The monoisotopic (exact) mass is 467 g/mol. The first-order chi connectivity index (χ1) is 15.9. The van der Waals surface area contributed by atoms with E-state index < -0.39 is 5.60 Å². The number of fused-ring (bicyclic) bond motifs is 1. The average Bonchev–Trinajstić information content (AvgIpc) is 3.54. The molecule has 11 nitrogen and oxygen atoms in total. The number of hydrogen-bond donors (Lipinski definition) is 2. The molecule has 12 heteroatoms. The van der Waals surface area contributed by atoms with Crippen molar-refractivity contribution in [3.63, 3.8) is 0 Å². The maximum absolute atomic E-state index is 12.7. The van der Waals surface area contributed by atoms with Crippen LogP contribution in [0, 0.1) is 0 Å². The second-order valence-electron chi connectivity index (χ2n) is 8.98. The predicted octanol–water partition coefficient (Wildman–Crippen LogP) is 3.83. The van der Waals surface area contributed by atoms with Crippen molar-refractivity contribution in [2.75, 3.05) is 18.4 Å². The Balaban J connectivity index is 1.52. The lowest BCUT2D eigenvalue weighted by atomic mass is 9.94. The van der Waals surface area contributed by atoms with E-state index in [1.54, 1.807) is 27.3 Å². The number of aromatic amines is 1. The number of hydrogen-bond acceptors (Lipinski definition) is 9. The van der Waals surface area contributed by atoms with Crippen LogP contribution in [0.4, 0.5) is 15.7 Å². The van der Waals surface area contributed by atoms with Gasteiger partial charge in [0.05, 0.1) is 18.1 Å². The fraction of sp³-hybridized carbons (Fsp3) is 0.429. The Morgan fingerprint density at radius 3 is 2.94 bits per heavy atom. The number of nitrogens with one attached hydrogen (secondary N) is 2. The minimum Gasteiger partial charge on any atom is -0.444 e. The number of anilines is 2. The summed E-state index contributed by atoms with van der Waals surface area (Å²) in [7, 11) is 0. The maximum atomic E-state index is 12.7. The molecule has 0 aliphatic carbocycles. The van der Waals surface area contributed by atoms with Crippen LogP contribution in [-0.2, 0) is 4.74 Å². The summed E-state index contributed by atoms with van der Waals surface area (Å²) in [6.45, 7) is 6.86. The minimum absolute atomic E-state index is 0.0679. The first kappa shape index (κ1) is 21.3. The number of likely N-dealkylation sites (tertiary alicyclic amines) is 1. The Morgan fingerprint density at radius 2 is 2.21 bits per heavy atom. The Bertz CT molecular complexity index is 1240. The van der Waals surface area contributed by atoms with E-state index in [9.17, 15) is 4.79 Å². The molecule has 1 saturated heterocycles. The lowest BCUT2D eigenvalue weighted by molar-refractivity contribution is 0.0197. The second kappa shape index (κ2) is 8.43. The van der Waals surface area contributed by atoms with Gasteiger partial charge in [-0.2, -0.15) is 14.7 Å². The van der Waals surface area contributed by atoms with Crippen LogP contribution >= 0.6 is 11.3 Å². The summed E-state index contributed by atoms with van der Waals surface area (Å²) in [4.78, 5) is 19.4. The summed E-state index contributed by atoms with van der Waals surface area (Å²) in [5.74, 6) is 0.800. The van der Waals surface area contributed by atoms with Gasteiger partial charge in [0, 0.05) is 42.4 Å². The van der Waals surface area contributed by atoms with Gasteiger partial charge in [0.2, 0.25) is 5.13 Å². The zero-order valence-corrected chi connectivity index (χ0v) is 19.5. The summed E-state index contributed by atoms with van der Waals surface area (Å²) < 4.78 is 7.35. The Labute approximate surface area is 194 Å². The Morgan fingerprint density at radius 1 is 1.33 bits per heavy atom. The third-order valence-corrected chi connectivity index (χ3v) is 5.99. The van der Waals surface area contributed by atoms with Crippen molar-refractivity contribution >= 4 is 34.0 Å². The maximum Gasteiger partial charge on any atom is 0.410 e. The normalized spacial score (nSPS) is 16.8. The number of aromatic nitrogens is 7.